The number of carbonyl (C=O) groups is 2. The van der Waals surface area contributed by atoms with Crippen molar-refractivity contribution in [3.63, 3.8) is 0 Å². The third-order valence-corrected chi connectivity index (χ3v) is 6.75. The van der Waals surface area contributed by atoms with Crippen molar-refractivity contribution < 1.29 is 29.3 Å². The first-order valence-electron chi connectivity index (χ1n) is 14.8. The molecule has 0 saturated heterocycles. The topological polar surface area (TPSA) is 198 Å². The fourth-order valence-corrected chi connectivity index (χ4v) is 4.51. The lowest BCUT2D eigenvalue weighted by Crippen LogP contribution is -2.29. The van der Waals surface area contributed by atoms with Crippen molar-refractivity contribution in [1.29, 1.82) is 0 Å². The number of aromatic nitrogens is 4. The van der Waals surface area contributed by atoms with Gasteiger partial charge in [-0.3, -0.25) is 18.8 Å². The van der Waals surface area contributed by atoms with Crippen LogP contribution in [0.5, 0.6) is 5.75 Å². The molecule has 2 unspecified atom stereocenters. The number of nitrogens with two attached hydrogens (primary N) is 2. The van der Waals surface area contributed by atoms with Crippen molar-refractivity contribution in [2.45, 2.75) is 84.4 Å². The highest BCUT2D eigenvalue weighted by Gasteiger charge is 2.19. The van der Waals surface area contributed by atoms with E-state index >= 15 is 0 Å². The molecular weight excluding hydrogens is 556 g/mol. The van der Waals surface area contributed by atoms with E-state index in [1.165, 1.54) is 0 Å². The Morgan fingerprint density at radius 3 is 2.33 bits per heavy atom. The highest BCUT2D eigenvalue weighted by Crippen LogP contribution is 2.17. The van der Waals surface area contributed by atoms with E-state index in [1.54, 1.807) is 35.4 Å². The Bertz CT molecular complexity index is 1370. The summed E-state index contributed by atoms with van der Waals surface area (Å²) < 4.78 is 14.4. The van der Waals surface area contributed by atoms with Gasteiger partial charge in [0, 0.05) is 26.5 Å². The van der Waals surface area contributed by atoms with E-state index in [9.17, 15) is 19.5 Å². The van der Waals surface area contributed by atoms with E-state index in [4.69, 9.17) is 31.0 Å². The number of hydrogen-bond donors (Lipinski definition) is 4. The highest BCUT2D eigenvalue weighted by molar-refractivity contribution is 5.76. The van der Waals surface area contributed by atoms with Crippen molar-refractivity contribution >= 4 is 23.0 Å². The van der Waals surface area contributed by atoms with Crippen LogP contribution in [0, 0.1) is 0 Å². The first-order valence-corrected chi connectivity index (χ1v) is 14.8. The van der Waals surface area contributed by atoms with Crippen LogP contribution in [0.3, 0.4) is 0 Å². The number of rotatable bonds is 17. The SMILES string of the molecule is CCCc1nn(C)c2c(=O)n(CCOc3ccc(CC(OCC)C(=O)O)cc3)c(CC)nc12.NCCCCC(N)C(=O)O. The van der Waals surface area contributed by atoms with Crippen LogP contribution in [0.25, 0.3) is 11.0 Å². The molecule has 1 aromatic carbocycles. The third kappa shape index (κ3) is 10.4. The zero-order valence-electron chi connectivity index (χ0n) is 25.6. The fourth-order valence-electron chi connectivity index (χ4n) is 4.51. The number of carboxylic acid groups (broad SMARTS) is 2. The molecule has 13 heteroatoms. The van der Waals surface area contributed by atoms with Crippen molar-refractivity contribution in [3.8, 4) is 5.75 Å². The normalized spacial score (nSPS) is 12.4. The maximum absolute atomic E-state index is 13.2. The fraction of sp³-hybridized carbons (Fsp3) is 0.567. The minimum absolute atomic E-state index is 0.108. The molecule has 2 heterocycles. The van der Waals surface area contributed by atoms with E-state index < -0.39 is 24.1 Å². The first kappa shape index (κ1) is 35.4. The predicted molar refractivity (Wildman–Crippen MR) is 163 cm³/mol. The van der Waals surface area contributed by atoms with Gasteiger partial charge in [-0.1, -0.05) is 38.8 Å². The number of aryl methyl sites for hydroxylation is 3. The molecule has 43 heavy (non-hydrogen) atoms. The smallest absolute Gasteiger partial charge is 0.333 e. The summed E-state index contributed by atoms with van der Waals surface area (Å²) in [6.45, 7) is 7.45. The number of ether oxygens (including phenoxy) is 2. The minimum Gasteiger partial charge on any atom is -0.492 e. The zero-order chi connectivity index (χ0) is 31.9. The molecule has 3 rings (SSSR count). The second-order valence-corrected chi connectivity index (χ2v) is 10.1. The van der Waals surface area contributed by atoms with Crippen LogP contribution in [0.15, 0.2) is 29.1 Å². The second kappa shape index (κ2) is 18.0. The molecule has 0 fully saturated rings. The van der Waals surface area contributed by atoms with Crippen LogP contribution in [0.1, 0.15) is 63.5 Å². The summed E-state index contributed by atoms with van der Waals surface area (Å²) in [7, 11) is 1.78. The maximum Gasteiger partial charge on any atom is 0.333 e. The van der Waals surface area contributed by atoms with Crippen LogP contribution in [0.4, 0.5) is 0 Å². The molecule has 0 aliphatic rings. The molecule has 2 aromatic heterocycles. The number of fused-ring (bicyclic) bond motifs is 1. The molecule has 0 amide bonds. The van der Waals surface area contributed by atoms with Crippen molar-refractivity contribution in [2.75, 3.05) is 19.8 Å². The molecule has 238 valence electrons. The molecule has 3 aromatic rings. The Kier molecular flexibility index (Phi) is 14.8. The minimum atomic E-state index is -0.977. The van der Waals surface area contributed by atoms with Gasteiger partial charge in [0.05, 0.1) is 12.2 Å². The zero-order valence-corrected chi connectivity index (χ0v) is 25.6. The first-order chi connectivity index (χ1) is 20.6. The lowest BCUT2D eigenvalue weighted by Gasteiger charge is -2.14. The van der Waals surface area contributed by atoms with Crippen molar-refractivity contribution in [2.24, 2.45) is 18.5 Å². The van der Waals surface area contributed by atoms with Gasteiger partial charge in [0.25, 0.3) is 5.56 Å². The molecule has 0 radical (unpaired) electrons. The van der Waals surface area contributed by atoms with Crippen LogP contribution >= 0.6 is 0 Å². The second-order valence-electron chi connectivity index (χ2n) is 10.1. The standard InChI is InChI=1S/C24H32N4O5.C6H14N2O2/c1-5-8-18-21-22(27(4)26-18)23(29)28(20(6-2)25-21)13-14-33-17-11-9-16(10-12-17)15-19(24(30)31)32-7-3;7-4-2-1-3-5(8)6(9)10/h9-12,19H,5-8,13-15H2,1-4H3,(H,30,31);5H,1-4,7-8H2,(H,9,10). The number of unbranched alkanes of at least 4 members (excludes halogenated alkanes) is 1. The van der Waals surface area contributed by atoms with E-state index in [0.717, 1.165) is 36.9 Å². The van der Waals surface area contributed by atoms with E-state index in [2.05, 4.69) is 12.0 Å². The number of aliphatic carboxylic acids is 2. The monoisotopic (exact) mass is 602 g/mol. The van der Waals surface area contributed by atoms with Gasteiger partial charge in [0.2, 0.25) is 0 Å². The summed E-state index contributed by atoms with van der Waals surface area (Å²) in [4.78, 5) is 39.3. The molecule has 2 atom stereocenters. The van der Waals surface area contributed by atoms with E-state index in [1.807, 2.05) is 19.1 Å². The van der Waals surface area contributed by atoms with Crippen molar-refractivity contribution in [1.82, 2.24) is 19.3 Å². The van der Waals surface area contributed by atoms with Crippen LogP contribution in [-0.4, -0.2) is 73.4 Å². The molecular formula is C30H46N6O7. The Morgan fingerprint density at radius 2 is 1.77 bits per heavy atom. The molecule has 6 N–H and O–H groups in total. The number of hydrogen-bond acceptors (Lipinski definition) is 9. The molecule has 0 saturated carbocycles. The number of benzene rings is 1. The van der Waals surface area contributed by atoms with Gasteiger partial charge in [0.1, 0.15) is 29.7 Å². The van der Waals surface area contributed by atoms with Crippen molar-refractivity contribution in [3.05, 3.63) is 51.7 Å². The summed E-state index contributed by atoms with van der Waals surface area (Å²) in [5.74, 6) is -0.549. The Morgan fingerprint density at radius 1 is 1.07 bits per heavy atom. The average molecular weight is 603 g/mol. The number of nitrogens with zero attached hydrogens (tertiary/aromatic N) is 4. The van der Waals surface area contributed by atoms with Crippen LogP contribution < -0.4 is 21.8 Å². The van der Waals surface area contributed by atoms with Gasteiger partial charge in [-0.15, -0.1) is 0 Å². The van der Waals surface area contributed by atoms with Gasteiger partial charge >= 0.3 is 11.9 Å². The van der Waals surface area contributed by atoms with Gasteiger partial charge in [-0.25, -0.2) is 9.78 Å². The Balaban J connectivity index is 0.000000553. The average Bonchev–Trinajstić information content (AvgIpc) is 3.29. The third-order valence-electron chi connectivity index (χ3n) is 6.75. The predicted octanol–water partition coefficient (Wildman–Crippen LogP) is 2.28. The number of carboxylic acids is 2. The molecule has 0 spiro atoms. The maximum atomic E-state index is 13.2. The summed E-state index contributed by atoms with van der Waals surface area (Å²) in [5.41, 5.74) is 13.2. The largest absolute Gasteiger partial charge is 0.492 e. The summed E-state index contributed by atoms with van der Waals surface area (Å²) >= 11 is 0. The van der Waals surface area contributed by atoms with Crippen LogP contribution in [-0.2, 0) is 47.2 Å². The molecule has 0 aliphatic heterocycles. The Hall–Kier alpha value is -3.81. The van der Waals surface area contributed by atoms with Gasteiger partial charge in [0.15, 0.2) is 11.6 Å². The van der Waals surface area contributed by atoms with E-state index in [0.29, 0.717) is 61.8 Å². The summed E-state index contributed by atoms with van der Waals surface area (Å²) in [6, 6.07) is 6.53. The quantitative estimate of drug-likeness (QED) is 0.165. The molecule has 0 aliphatic carbocycles. The van der Waals surface area contributed by atoms with E-state index in [-0.39, 0.29) is 12.0 Å². The molecule has 0 bridgehead atoms. The van der Waals surface area contributed by atoms with Gasteiger partial charge in [-0.2, -0.15) is 5.10 Å². The van der Waals surface area contributed by atoms with Gasteiger partial charge < -0.3 is 31.2 Å². The summed E-state index contributed by atoms with van der Waals surface area (Å²) in [6.07, 6.45) is 3.94. The summed E-state index contributed by atoms with van der Waals surface area (Å²) in [5, 5.41) is 22.1. The van der Waals surface area contributed by atoms with Crippen LogP contribution in [0.2, 0.25) is 0 Å². The molecule has 13 nitrogen and oxygen atoms in total. The highest BCUT2D eigenvalue weighted by atomic mass is 16.5. The lowest BCUT2D eigenvalue weighted by molar-refractivity contribution is -0.150. The lowest BCUT2D eigenvalue weighted by atomic mass is 10.1. The Labute approximate surface area is 251 Å². The van der Waals surface area contributed by atoms with Gasteiger partial charge in [-0.05, 0) is 50.4 Å².